The van der Waals surface area contributed by atoms with Crippen LogP contribution in [-0.2, 0) is 4.74 Å². The van der Waals surface area contributed by atoms with Gasteiger partial charge in [-0.05, 0) is 12.1 Å². The van der Waals surface area contributed by atoms with Gasteiger partial charge in [-0.1, -0.05) is 0 Å². The Hall–Kier alpha value is -1.98. The number of alkyl halides is 1. The third-order valence-electron chi connectivity index (χ3n) is 2.47. The van der Waals surface area contributed by atoms with Crippen LogP contribution in [0.25, 0.3) is 0 Å². The van der Waals surface area contributed by atoms with E-state index in [4.69, 9.17) is 9.47 Å². The average molecular weight is 255 g/mol. The van der Waals surface area contributed by atoms with Crippen molar-refractivity contribution in [2.45, 2.75) is 13.3 Å². The van der Waals surface area contributed by atoms with E-state index in [2.05, 4.69) is 10.1 Å². The minimum absolute atomic E-state index is 0.264. The highest BCUT2D eigenvalue weighted by atomic mass is 19.1. The summed E-state index contributed by atoms with van der Waals surface area (Å²) in [5, 5.41) is 3.03. The van der Waals surface area contributed by atoms with E-state index < -0.39 is 12.3 Å². The van der Waals surface area contributed by atoms with Crippen LogP contribution < -0.4 is 14.8 Å². The second kappa shape index (κ2) is 5.12. The lowest BCUT2D eigenvalue weighted by atomic mass is 10.1. The first-order valence-corrected chi connectivity index (χ1v) is 5.56. The number of rotatable bonds is 3. The summed E-state index contributed by atoms with van der Waals surface area (Å²) >= 11 is 0. The SMILES string of the molecule is COC(=O)c1ccc(OC(C)F)c2c1NCCO2. The number of esters is 1. The topological polar surface area (TPSA) is 56.8 Å². The molecular weight excluding hydrogens is 241 g/mol. The van der Waals surface area contributed by atoms with Gasteiger partial charge >= 0.3 is 5.97 Å². The van der Waals surface area contributed by atoms with Crippen molar-refractivity contribution in [1.82, 2.24) is 0 Å². The van der Waals surface area contributed by atoms with E-state index in [0.717, 1.165) is 0 Å². The Balaban J connectivity index is 2.45. The van der Waals surface area contributed by atoms with Gasteiger partial charge in [-0.2, -0.15) is 0 Å². The summed E-state index contributed by atoms with van der Waals surface area (Å²) in [6.07, 6.45) is -1.45. The van der Waals surface area contributed by atoms with Crippen LogP contribution in [0.3, 0.4) is 0 Å². The third kappa shape index (κ3) is 2.32. The van der Waals surface area contributed by atoms with Gasteiger partial charge in [-0.15, -0.1) is 0 Å². The first-order chi connectivity index (χ1) is 8.63. The molecule has 98 valence electrons. The van der Waals surface area contributed by atoms with Crippen molar-refractivity contribution in [3.05, 3.63) is 17.7 Å². The predicted molar refractivity (Wildman–Crippen MR) is 63.0 cm³/mol. The molecule has 0 amide bonds. The Bertz CT molecular complexity index is 462. The van der Waals surface area contributed by atoms with E-state index in [0.29, 0.717) is 30.2 Å². The van der Waals surface area contributed by atoms with Gasteiger partial charge in [0.15, 0.2) is 11.5 Å². The van der Waals surface area contributed by atoms with Crippen LogP contribution in [0.1, 0.15) is 17.3 Å². The van der Waals surface area contributed by atoms with Gasteiger partial charge in [0.05, 0.1) is 18.4 Å². The zero-order valence-corrected chi connectivity index (χ0v) is 10.2. The van der Waals surface area contributed by atoms with E-state index >= 15 is 0 Å². The zero-order valence-electron chi connectivity index (χ0n) is 10.2. The summed E-state index contributed by atoms with van der Waals surface area (Å²) in [6.45, 7) is 2.26. The van der Waals surface area contributed by atoms with E-state index in [-0.39, 0.29) is 5.75 Å². The molecule has 0 spiro atoms. The molecule has 0 bridgehead atoms. The number of anilines is 1. The van der Waals surface area contributed by atoms with Gasteiger partial charge in [0.2, 0.25) is 6.36 Å². The second-order valence-corrected chi connectivity index (χ2v) is 3.74. The smallest absolute Gasteiger partial charge is 0.340 e. The molecule has 1 aliphatic heterocycles. The molecule has 18 heavy (non-hydrogen) atoms. The molecule has 1 N–H and O–H groups in total. The molecule has 1 heterocycles. The normalized spacial score (nSPS) is 14.8. The van der Waals surface area contributed by atoms with Gasteiger partial charge in [0.25, 0.3) is 0 Å². The van der Waals surface area contributed by atoms with Crippen LogP contribution in [0.15, 0.2) is 12.1 Å². The van der Waals surface area contributed by atoms with Crippen LogP contribution in [0.4, 0.5) is 10.1 Å². The van der Waals surface area contributed by atoms with Crippen molar-refractivity contribution in [3.63, 3.8) is 0 Å². The van der Waals surface area contributed by atoms with Crippen molar-refractivity contribution in [3.8, 4) is 11.5 Å². The highest BCUT2D eigenvalue weighted by molar-refractivity contribution is 5.98. The number of ether oxygens (including phenoxy) is 3. The summed E-state index contributed by atoms with van der Waals surface area (Å²) in [4.78, 5) is 11.6. The van der Waals surface area contributed by atoms with Crippen molar-refractivity contribution in [2.24, 2.45) is 0 Å². The molecule has 6 heteroatoms. The van der Waals surface area contributed by atoms with Crippen LogP contribution in [-0.4, -0.2) is 32.6 Å². The van der Waals surface area contributed by atoms with E-state index in [1.807, 2.05) is 0 Å². The number of fused-ring (bicyclic) bond motifs is 1. The summed E-state index contributed by atoms with van der Waals surface area (Å²) in [5.74, 6) is 0.123. The number of methoxy groups -OCH3 is 1. The van der Waals surface area contributed by atoms with E-state index in [9.17, 15) is 9.18 Å². The Labute approximate surface area is 104 Å². The summed E-state index contributed by atoms with van der Waals surface area (Å²) < 4.78 is 28.0. The standard InChI is InChI=1S/C12H14FNO4/c1-7(13)18-9-4-3-8(12(15)16-2)10-11(9)17-6-5-14-10/h3-4,7,14H,5-6H2,1-2H3. The molecule has 1 atom stereocenters. The minimum atomic E-state index is -1.45. The fourth-order valence-corrected chi connectivity index (χ4v) is 1.76. The van der Waals surface area contributed by atoms with Crippen molar-refractivity contribution < 1.29 is 23.4 Å². The molecular formula is C12H14FNO4. The maximum atomic E-state index is 12.9. The number of benzene rings is 1. The van der Waals surface area contributed by atoms with Crippen LogP contribution in [0.5, 0.6) is 11.5 Å². The van der Waals surface area contributed by atoms with E-state index in [1.54, 1.807) is 0 Å². The largest absolute Gasteiger partial charge is 0.486 e. The number of halogens is 1. The monoisotopic (exact) mass is 255 g/mol. The molecule has 5 nitrogen and oxygen atoms in total. The lowest BCUT2D eigenvalue weighted by Crippen LogP contribution is -2.22. The highest BCUT2D eigenvalue weighted by Gasteiger charge is 2.24. The number of nitrogens with one attached hydrogen (secondary N) is 1. The molecule has 1 unspecified atom stereocenters. The van der Waals surface area contributed by atoms with E-state index in [1.165, 1.54) is 26.2 Å². The Kier molecular flexibility index (Phi) is 3.55. The fraction of sp³-hybridized carbons (Fsp3) is 0.417. The maximum Gasteiger partial charge on any atom is 0.340 e. The van der Waals surface area contributed by atoms with Crippen molar-refractivity contribution in [2.75, 3.05) is 25.6 Å². The Morgan fingerprint density at radius 3 is 3.00 bits per heavy atom. The van der Waals surface area contributed by atoms with Gasteiger partial charge in [0, 0.05) is 13.5 Å². The van der Waals surface area contributed by atoms with Crippen LogP contribution in [0.2, 0.25) is 0 Å². The summed E-state index contributed by atoms with van der Waals surface area (Å²) in [7, 11) is 1.30. The second-order valence-electron chi connectivity index (χ2n) is 3.74. The van der Waals surface area contributed by atoms with Crippen LogP contribution >= 0.6 is 0 Å². The zero-order chi connectivity index (χ0) is 13.1. The van der Waals surface area contributed by atoms with Crippen molar-refractivity contribution in [1.29, 1.82) is 0 Å². The lowest BCUT2D eigenvalue weighted by Gasteiger charge is -2.23. The Morgan fingerprint density at radius 1 is 1.56 bits per heavy atom. The number of carbonyl (C=O) groups excluding carboxylic acids is 1. The maximum absolute atomic E-state index is 12.9. The van der Waals surface area contributed by atoms with Crippen LogP contribution in [0, 0.1) is 0 Å². The van der Waals surface area contributed by atoms with Gasteiger partial charge in [-0.3, -0.25) is 0 Å². The predicted octanol–water partition coefficient (Wildman–Crippen LogP) is 1.97. The quantitative estimate of drug-likeness (QED) is 0.837. The highest BCUT2D eigenvalue weighted by Crippen LogP contribution is 2.40. The van der Waals surface area contributed by atoms with Gasteiger partial charge < -0.3 is 19.5 Å². The molecule has 1 aromatic rings. The molecule has 0 radical (unpaired) electrons. The third-order valence-corrected chi connectivity index (χ3v) is 2.47. The van der Waals surface area contributed by atoms with Crippen molar-refractivity contribution >= 4 is 11.7 Å². The molecule has 1 aromatic carbocycles. The average Bonchev–Trinajstić information content (AvgIpc) is 2.38. The van der Waals surface area contributed by atoms with Gasteiger partial charge in [-0.25, -0.2) is 9.18 Å². The molecule has 0 saturated carbocycles. The number of hydrogen-bond donors (Lipinski definition) is 1. The number of hydrogen-bond acceptors (Lipinski definition) is 5. The Morgan fingerprint density at radius 2 is 2.33 bits per heavy atom. The molecule has 2 rings (SSSR count). The molecule has 0 aliphatic carbocycles. The minimum Gasteiger partial charge on any atom is -0.486 e. The molecule has 1 aliphatic rings. The molecule has 0 saturated heterocycles. The lowest BCUT2D eigenvalue weighted by molar-refractivity contribution is 0.0600. The summed E-state index contributed by atoms with van der Waals surface area (Å²) in [5.41, 5.74) is 0.817. The first-order valence-electron chi connectivity index (χ1n) is 5.56. The first kappa shape index (κ1) is 12.5. The van der Waals surface area contributed by atoms with Gasteiger partial charge in [0.1, 0.15) is 6.61 Å². The number of carbonyl (C=O) groups is 1. The summed E-state index contributed by atoms with van der Waals surface area (Å²) in [6, 6.07) is 3.01. The molecule has 0 aromatic heterocycles. The fourth-order valence-electron chi connectivity index (χ4n) is 1.76. The molecule has 0 fully saturated rings.